The van der Waals surface area contributed by atoms with Gasteiger partial charge in [0.1, 0.15) is 0 Å². The van der Waals surface area contributed by atoms with Crippen LogP contribution in [0.5, 0.6) is 0 Å². The van der Waals surface area contributed by atoms with Crippen LogP contribution in [0.4, 0.5) is 5.69 Å². The Morgan fingerprint density at radius 3 is 2.52 bits per heavy atom. The molecular weight excluding hydrogens is 286 g/mol. The molecule has 0 saturated carbocycles. The van der Waals surface area contributed by atoms with Crippen molar-refractivity contribution in [1.29, 1.82) is 0 Å². The van der Waals surface area contributed by atoms with Gasteiger partial charge < -0.3 is 5.32 Å². The van der Waals surface area contributed by atoms with E-state index in [9.17, 15) is 4.79 Å². The fourth-order valence-electron chi connectivity index (χ4n) is 2.32. The van der Waals surface area contributed by atoms with E-state index < -0.39 is 5.41 Å². The van der Waals surface area contributed by atoms with Crippen LogP contribution in [0.2, 0.25) is 0 Å². The molecule has 0 bridgehead atoms. The number of benzene rings is 1. The minimum atomic E-state index is -0.579. The maximum absolute atomic E-state index is 12.3. The lowest BCUT2D eigenvalue weighted by atomic mass is 9.83. The summed E-state index contributed by atoms with van der Waals surface area (Å²) in [6.45, 7) is 13.6. The topological polar surface area (TPSA) is 46.4 Å². The largest absolute Gasteiger partial charge is 0.355 e. The van der Waals surface area contributed by atoms with E-state index >= 15 is 0 Å². The fraction of sp³-hybridized carbons (Fsp3) is 0.316. The molecule has 1 amide bonds. The molecule has 1 N–H and O–H groups in total. The van der Waals surface area contributed by atoms with E-state index in [1.807, 2.05) is 51.1 Å². The smallest absolute Gasteiger partial charge is 0.230 e. The quantitative estimate of drug-likeness (QED) is 0.845. The van der Waals surface area contributed by atoms with E-state index in [0.717, 1.165) is 23.1 Å². The summed E-state index contributed by atoms with van der Waals surface area (Å²) in [6, 6.07) is 9.68. The van der Waals surface area contributed by atoms with Crippen molar-refractivity contribution in [1.82, 2.24) is 10.3 Å². The number of nitrogens with one attached hydrogen (secondary N) is 1. The first-order valence-electron chi connectivity index (χ1n) is 7.70. The number of carbonyl (C=O) groups excluding carboxylic acids is 1. The summed E-state index contributed by atoms with van der Waals surface area (Å²) in [5.41, 5.74) is 2.79. The van der Waals surface area contributed by atoms with E-state index in [1.165, 1.54) is 0 Å². The fourth-order valence-corrected chi connectivity index (χ4v) is 2.32. The Bertz CT molecular complexity index is 727. The molecule has 118 valence electrons. The first kappa shape index (κ1) is 16.7. The molecular formula is C19H21N3O. The average Bonchev–Trinajstić information content (AvgIpc) is 2.59. The number of carbonyl (C=O) groups is 1. The normalized spacial score (nSPS) is 10.9. The molecule has 4 nitrogen and oxygen atoms in total. The first-order valence-corrected chi connectivity index (χ1v) is 7.70. The molecule has 2 rings (SSSR count). The molecule has 0 spiro atoms. The maximum atomic E-state index is 12.3. The lowest BCUT2D eigenvalue weighted by Gasteiger charge is -2.24. The molecule has 0 fully saturated rings. The SMILES string of the molecule is [C-]#[N+]c1cncc(-c2ccc(C(C)(C)C(=O)NCCC)cc2)c1. The average molecular weight is 307 g/mol. The molecule has 0 atom stereocenters. The number of hydrogen-bond donors (Lipinski definition) is 1. The molecule has 23 heavy (non-hydrogen) atoms. The van der Waals surface area contributed by atoms with Crippen LogP contribution in [0.1, 0.15) is 32.8 Å². The molecule has 4 heteroatoms. The van der Waals surface area contributed by atoms with Gasteiger partial charge in [0.05, 0.1) is 12.0 Å². The minimum Gasteiger partial charge on any atom is -0.355 e. The highest BCUT2D eigenvalue weighted by Crippen LogP contribution is 2.28. The van der Waals surface area contributed by atoms with Crippen molar-refractivity contribution in [2.75, 3.05) is 6.54 Å². The Labute approximate surface area is 137 Å². The zero-order valence-electron chi connectivity index (χ0n) is 13.8. The van der Waals surface area contributed by atoms with Crippen LogP contribution in [-0.4, -0.2) is 17.4 Å². The van der Waals surface area contributed by atoms with Gasteiger partial charge in [-0.05, 0) is 43.0 Å². The Morgan fingerprint density at radius 1 is 1.22 bits per heavy atom. The summed E-state index contributed by atoms with van der Waals surface area (Å²) in [7, 11) is 0. The summed E-state index contributed by atoms with van der Waals surface area (Å²) in [5.74, 6) is 0.0313. The van der Waals surface area contributed by atoms with Gasteiger partial charge >= 0.3 is 0 Å². The number of pyridine rings is 1. The summed E-state index contributed by atoms with van der Waals surface area (Å²) < 4.78 is 0. The molecule has 2 aromatic rings. The molecule has 1 aromatic carbocycles. The maximum Gasteiger partial charge on any atom is 0.230 e. The molecule has 0 aliphatic rings. The van der Waals surface area contributed by atoms with Crippen molar-refractivity contribution < 1.29 is 4.79 Å². The van der Waals surface area contributed by atoms with E-state index in [-0.39, 0.29) is 5.91 Å². The summed E-state index contributed by atoms with van der Waals surface area (Å²) in [5, 5.41) is 2.95. The van der Waals surface area contributed by atoms with Gasteiger partial charge in [-0.1, -0.05) is 31.2 Å². The van der Waals surface area contributed by atoms with Crippen LogP contribution >= 0.6 is 0 Å². The zero-order chi connectivity index (χ0) is 16.9. The van der Waals surface area contributed by atoms with E-state index in [2.05, 4.69) is 15.1 Å². The second-order valence-electron chi connectivity index (χ2n) is 6.00. The van der Waals surface area contributed by atoms with E-state index in [4.69, 9.17) is 6.57 Å². The van der Waals surface area contributed by atoms with Crippen molar-refractivity contribution in [2.24, 2.45) is 0 Å². The zero-order valence-corrected chi connectivity index (χ0v) is 13.8. The van der Waals surface area contributed by atoms with Gasteiger partial charge in [-0.15, -0.1) is 0 Å². The Morgan fingerprint density at radius 2 is 1.91 bits per heavy atom. The number of amides is 1. The summed E-state index contributed by atoms with van der Waals surface area (Å²) in [4.78, 5) is 19.8. The first-order chi connectivity index (χ1) is 11.0. The third-order valence-electron chi connectivity index (χ3n) is 3.90. The summed E-state index contributed by atoms with van der Waals surface area (Å²) in [6.07, 6.45) is 4.21. The molecule has 0 aliphatic heterocycles. The second-order valence-corrected chi connectivity index (χ2v) is 6.00. The molecule has 1 aromatic heterocycles. The molecule has 1 heterocycles. The molecule has 0 unspecified atom stereocenters. The second kappa shape index (κ2) is 7.06. The van der Waals surface area contributed by atoms with Gasteiger partial charge in [0.2, 0.25) is 11.6 Å². The highest BCUT2D eigenvalue weighted by Gasteiger charge is 2.29. The number of nitrogens with zero attached hydrogens (tertiary/aromatic N) is 2. The number of hydrogen-bond acceptors (Lipinski definition) is 2. The molecule has 0 saturated heterocycles. The van der Waals surface area contributed by atoms with Crippen molar-refractivity contribution in [3.8, 4) is 11.1 Å². The molecule has 0 radical (unpaired) electrons. The van der Waals surface area contributed by atoms with Gasteiger partial charge in [-0.2, -0.15) is 0 Å². The van der Waals surface area contributed by atoms with Crippen LogP contribution in [0, 0.1) is 6.57 Å². The van der Waals surface area contributed by atoms with Crippen LogP contribution < -0.4 is 5.32 Å². The van der Waals surface area contributed by atoms with Gasteiger partial charge in [-0.25, -0.2) is 4.85 Å². The van der Waals surface area contributed by atoms with Crippen molar-refractivity contribution in [3.05, 3.63) is 59.7 Å². The Kier molecular flexibility index (Phi) is 5.13. The number of aromatic nitrogens is 1. The third kappa shape index (κ3) is 3.75. The predicted octanol–water partition coefficient (Wildman–Crippen LogP) is 4.10. The van der Waals surface area contributed by atoms with Gasteiger partial charge in [0, 0.05) is 18.9 Å². The third-order valence-corrected chi connectivity index (χ3v) is 3.90. The van der Waals surface area contributed by atoms with E-state index in [0.29, 0.717) is 12.2 Å². The summed E-state index contributed by atoms with van der Waals surface area (Å²) >= 11 is 0. The van der Waals surface area contributed by atoms with Crippen molar-refractivity contribution in [3.63, 3.8) is 0 Å². The van der Waals surface area contributed by atoms with Gasteiger partial charge in [0.15, 0.2) is 0 Å². The monoisotopic (exact) mass is 307 g/mol. The van der Waals surface area contributed by atoms with Gasteiger partial charge in [-0.3, -0.25) is 9.78 Å². The lowest BCUT2D eigenvalue weighted by molar-refractivity contribution is -0.125. The Balaban J connectivity index is 2.25. The number of rotatable bonds is 5. The predicted molar refractivity (Wildman–Crippen MR) is 92.3 cm³/mol. The minimum absolute atomic E-state index is 0.0313. The standard InChI is InChI=1S/C19H21N3O/c1-5-10-22-18(23)19(2,3)16-8-6-14(7-9-16)15-11-17(20-4)13-21-12-15/h6-9,11-13H,5,10H2,1-3H3,(H,22,23). The van der Waals surface area contributed by atoms with Crippen LogP contribution in [0.3, 0.4) is 0 Å². The van der Waals surface area contributed by atoms with E-state index in [1.54, 1.807) is 12.4 Å². The van der Waals surface area contributed by atoms with Crippen molar-refractivity contribution >= 4 is 11.6 Å². The Hall–Kier alpha value is -2.67. The van der Waals surface area contributed by atoms with Gasteiger partial charge in [0.25, 0.3) is 0 Å². The lowest BCUT2D eigenvalue weighted by Crippen LogP contribution is -2.40. The van der Waals surface area contributed by atoms with Crippen LogP contribution in [-0.2, 0) is 10.2 Å². The van der Waals surface area contributed by atoms with Crippen molar-refractivity contribution in [2.45, 2.75) is 32.6 Å². The van der Waals surface area contributed by atoms with Crippen LogP contribution in [0.25, 0.3) is 16.0 Å². The molecule has 0 aliphatic carbocycles. The highest BCUT2D eigenvalue weighted by molar-refractivity contribution is 5.87. The highest BCUT2D eigenvalue weighted by atomic mass is 16.2. The van der Waals surface area contributed by atoms with Crippen LogP contribution in [0.15, 0.2) is 42.7 Å².